The molecule has 0 aliphatic carbocycles. The van der Waals surface area contributed by atoms with Crippen LogP contribution in [0.5, 0.6) is 0 Å². The summed E-state index contributed by atoms with van der Waals surface area (Å²) in [6.45, 7) is 1.53. The van der Waals surface area contributed by atoms with E-state index in [2.05, 4.69) is 0 Å². The Bertz CT molecular complexity index is 487. The van der Waals surface area contributed by atoms with E-state index in [0.29, 0.717) is 15.6 Å². The second-order valence-corrected chi connectivity index (χ2v) is 6.12. The third kappa shape index (κ3) is 3.03. The van der Waals surface area contributed by atoms with E-state index >= 15 is 0 Å². The van der Waals surface area contributed by atoms with Crippen molar-refractivity contribution in [2.75, 3.05) is 24.6 Å². The highest BCUT2D eigenvalue weighted by atomic mass is 35.5. The lowest BCUT2D eigenvalue weighted by Gasteiger charge is -2.15. The summed E-state index contributed by atoms with van der Waals surface area (Å²) in [5, 5.41) is 0.473. The summed E-state index contributed by atoms with van der Waals surface area (Å²) in [6.07, 6.45) is 2.05. The van der Waals surface area contributed by atoms with Gasteiger partial charge >= 0.3 is 0 Å². The van der Waals surface area contributed by atoms with Crippen LogP contribution in [0.4, 0.5) is 5.69 Å². The maximum absolute atomic E-state index is 12.1. The number of nitrogen functional groups attached to an aromatic ring is 1. The molecule has 6 heteroatoms. The number of hydrogen-bond acceptors (Lipinski definition) is 3. The van der Waals surface area contributed by atoms with Crippen molar-refractivity contribution in [2.45, 2.75) is 17.7 Å². The monoisotopic (exact) mass is 286 g/mol. The Labute approximate surface area is 114 Å². The molecule has 0 spiro atoms. The molecule has 0 bridgehead atoms. The van der Waals surface area contributed by atoms with Crippen molar-refractivity contribution in [3.05, 3.63) is 23.2 Å². The van der Waals surface area contributed by atoms with E-state index in [9.17, 15) is 9.00 Å². The topological polar surface area (TPSA) is 63.4 Å². The average molecular weight is 287 g/mol. The van der Waals surface area contributed by atoms with Crippen LogP contribution in [0.1, 0.15) is 12.8 Å². The Hall–Kier alpha value is -1.07. The normalized spacial score (nSPS) is 16.8. The van der Waals surface area contributed by atoms with Gasteiger partial charge in [-0.05, 0) is 31.0 Å². The van der Waals surface area contributed by atoms with Gasteiger partial charge in [0.25, 0.3) is 0 Å². The van der Waals surface area contributed by atoms with Crippen LogP contribution < -0.4 is 5.73 Å². The molecule has 4 nitrogen and oxygen atoms in total. The highest BCUT2D eigenvalue weighted by Crippen LogP contribution is 2.22. The minimum absolute atomic E-state index is 0.0233. The van der Waals surface area contributed by atoms with Gasteiger partial charge in [0.15, 0.2) is 0 Å². The number of hydrogen-bond donors (Lipinski definition) is 1. The van der Waals surface area contributed by atoms with Gasteiger partial charge in [-0.1, -0.05) is 11.6 Å². The van der Waals surface area contributed by atoms with Gasteiger partial charge in [0, 0.05) is 23.8 Å². The van der Waals surface area contributed by atoms with Crippen molar-refractivity contribution in [3.63, 3.8) is 0 Å². The minimum atomic E-state index is -1.43. The number of carbonyl (C=O) groups excluding carboxylic acids is 1. The predicted octanol–water partition coefficient (Wildman–Crippen LogP) is 1.65. The lowest BCUT2D eigenvalue weighted by molar-refractivity contribution is -0.127. The molecule has 18 heavy (non-hydrogen) atoms. The van der Waals surface area contributed by atoms with E-state index in [4.69, 9.17) is 17.3 Å². The van der Waals surface area contributed by atoms with Crippen molar-refractivity contribution in [2.24, 2.45) is 0 Å². The summed E-state index contributed by atoms with van der Waals surface area (Å²) < 4.78 is 12.1. The SMILES string of the molecule is Nc1ccc(Cl)cc1S(=O)CC(=O)N1CCCC1. The number of halogens is 1. The van der Waals surface area contributed by atoms with Gasteiger partial charge in [-0.2, -0.15) is 0 Å². The summed E-state index contributed by atoms with van der Waals surface area (Å²) in [4.78, 5) is 14.1. The van der Waals surface area contributed by atoms with Gasteiger partial charge in [-0.25, -0.2) is 0 Å². The van der Waals surface area contributed by atoms with Crippen LogP contribution in [-0.4, -0.2) is 33.9 Å². The van der Waals surface area contributed by atoms with Crippen LogP contribution in [0.15, 0.2) is 23.1 Å². The van der Waals surface area contributed by atoms with E-state index in [-0.39, 0.29) is 11.7 Å². The zero-order valence-electron chi connectivity index (χ0n) is 9.89. The first kappa shape index (κ1) is 13.4. The van der Waals surface area contributed by atoms with Gasteiger partial charge in [-0.3, -0.25) is 9.00 Å². The second kappa shape index (κ2) is 5.71. The van der Waals surface area contributed by atoms with Crippen molar-refractivity contribution >= 4 is 34.0 Å². The Morgan fingerprint density at radius 1 is 1.39 bits per heavy atom. The molecule has 1 aromatic carbocycles. The summed E-state index contributed by atoms with van der Waals surface area (Å²) in [6, 6.07) is 4.81. The van der Waals surface area contributed by atoms with Crippen LogP contribution in [0.2, 0.25) is 5.02 Å². The van der Waals surface area contributed by atoms with Gasteiger partial charge in [0.05, 0.1) is 15.7 Å². The Kier molecular flexibility index (Phi) is 4.24. The summed E-state index contributed by atoms with van der Waals surface area (Å²) in [7, 11) is -1.43. The summed E-state index contributed by atoms with van der Waals surface area (Å²) in [5.41, 5.74) is 6.15. The second-order valence-electron chi connectivity index (χ2n) is 4.26. The molecule has 1 atom stereocenters. The van der Waals surface area contributed by atoms with E-state index < -0.39 is 10.8 Å². The predicted molar refractivity (Wildman–Crippen MR) is 73.0 cm³/mol. The van der Waals surface area contributed by atoms with E-state index in [1.807, 2.05) is 0 Å². The van der Waals surface area contributed by atoms with E-state index in [1.54, 1.807) is 23.1 Å². The quantitative estimate of drug-likeness (QED) is 0.860. The fourth-order valence-electron chi connectivity index (χ4n) is 1.95. The van der Waals surface area contributed by atoms with Crippen LogP contribution >= 0.6 is 11.6 Å². The molecule has 1 aliphatic heterocycles. The third-order valence-corrected chi connectivity index (χ3v) is 4.52. The van der Waals surface area contributed by atoms with Crippen molar-refractivity contribution in [1.29, 1.82) is 0 Å². The molecule has 0 aromatic heterocycles. The first-order valence-corrected chi connectivity index (χ1v) is 7.49. The first-order chi connectivity index (χ1) is 8.58. The molecule has 1 saturated heterocycles. The largest absolute Gasteiger partial charge is 0.398 e. The van der Waals surface area contributed by atoms with E-state index in [0.717, 1.165) is 25.9 Å². The summed E-state index contributed by atoms with van der Waals surface area (Å²) in [5.74, 6) is -0.102. The molecule has 2 rings (SSSR count). The molecule has 1 aliphatic rings. The van der Waals surface area contributed by atoms with Crippen molar-refractivity contribution in [3.8, 4) is 0 Å². The van der Waals surface area contributed by atoms with Crippen LogP contribution in [0.3, 0.4) is 0 Å². The maximum atomic E-state index is 12.1. The number of nitrogens with two attached hydrogens (primary N) is 1. The number of rotatable bonds is 3. The molecule has 2 N–H and O–H groups in total. The highest BCUT2D eigenvalue weighted by Gasteiger charge is 2.21. The zero-order valence-corrected chi connectivity index (χ0v) is 11.5. The Balaban J connectivity index is 2.07. The number of anilines is 1. The summed E-state index contributed by atoms with van der Waals surface area (Å²) >= 11 is 5.84. The molecular formula is C12H15ClN2O2S. The Morgan fingerprint density at radius 3 is 2.72 bits per heavy atom. The third-order valence-electron chi connectivity index (χ3n) is 2.93. The lowest BCUT2D eigenvalue weighted by Crippen LogP contribution is -2.31. The molecule has 1 fully saturated rings. The maximum Gasteiger partial charge on any atom is 0.235 e. The van der Waals surface area contributed by atoms with Gasteiger partial charge in [-0.15, -0.1) is 0 Å². The van der Waals surface area contributed by atoms with Crippen LogP contribution in [0, 0.1) is 0 Å². The number of likely N-dealkylation sites (tertiary alicyclic amines) is 1. The van der Waals surface area contributed by atoms with Crippen molar-refractivity contribution < 1.29 is 9.00 Å². The molecule has 1 heterocycles. The molecule has 0 radical (unpaired) electrons. The number of benzene rings is 1. The standard InChI is InChI=1S/C12H15ClN2O2S/c13-9-3-4-10(14)11(7-9)18(17)8-12(16)15-5-1-2-6-15/h3-4,7H,1-2,5-6,8,14H2. The van der Waals surface area contributed by atoms with Crippen molar-refractivity contribution in [1.82, 2.24) is 4.90 Å². The molecular weight excluding hydrogens is 272 g/mol. The highest BCUT2D eigenvalue weighted by molar-refractivity contribution is 7.86. The van der Waals surface area contributed by atoms with Gasteiger partial charge in [0.1, 0.15) is 5.75 Å². The van der Waals surface area contributed by atoms with E-state index in [1.165, 1.54) is 0 Å². The average Bonchev–Trinajstić information content (AvgIpc) is 2.85. The molecule has 1 amide bonds. The molecule has 1 aromatic rings. The van der Waals surface area contributed by atoms with Gasteiger partial charge < -0.3 is 10.6 Å². The molecule has 0 saturated carbocycles. The van der Waals surface area contributed by atoms with Crippen LogP contribution in [0.25, 0.3) is 0 Å². The minimum Gasteiger partial charge on any atom is -0.398 e. The number of carbonyl (C=O) groups is 1. The Morgan fingerprint density at radius 2 is 2.06 bits per heavy atom. The molecule has 98 valence electrons. The van der Waals surface area contributed by atoms with Crippen LogP contribution in [-0.2, 0) is 15.6 Å². The van der Waals surface area contributed by atoms with Gasteiger partial charge in [0.2, 0.25) is 5.91 Å². The first-order valence-electron chi connectivity index (χ1n) is 5.79. The fourth-order valence-corrected chi connectivity index (χ4v) is 3.34. The smallest absolute Gasteiger partial charge is 0.235 e. The molecule has 1 unspecified atom stereocenters. The lowest BCUT2D eigenvalue weighted by atomic mass is 10.3. The fraction of sp³-hybridized carbons (Fsp3) is 0.417. The number of nitrogens with zero attached hydrogens (tertiary/aromatic N) is 1. The zero-order chi connectivity index (χ0) is 13.1. The number of amides is 1.